The number of anilines is 1. The number of nitrogens with zero attached hydrogens (tertiary/aromatic N) is 1. The van der Waals surface area contributed by atoms with E-state index in [1.54, 1.807) is 30.3 Å². The van der Waals surface area contributed by atoms with Gasteiger partial charge in [0, 0.05) is 16.6 Å². The van der Waals surface area contributed by atoms with Crippen LogP contribution in [0.3, 0.4) is 0 Å². The van der Waals surface area contributed by atoms with Crippen molar-refractivity contribution in [2.45, 2.75) is 6.92 Å². The molecule has 5 heteroatoms. The molecule has 0 unspecified atom stereocenters. The minimum Gasteiger partial charge on any atom is -0.485 e. The van der Waals surface area contributed by atoms with Gasteiger partial charge >= 0.3 is 0 Å². The third-order valence-corrected chi connectivity index (χ3v) is 3.60. The van der Waals surface area contributed by atoms with Crippen LogP contribution in [-0.4, -0.2) is 17.5 Å². The minimum absolute atomic E-state index is 0.0613. The van der Waals surface area contributed by atoms with E-state index in [-0.39, 0.29) is 18.3 Å². The number of hydrogen-bond donors (Lipinski definition) is 1. The number of nitrogens with one attached hydrogen (secondary N) is 1. The molecule has 3 rings (SSSR count). The van der Waals surface area contributed by atoms with Gasteiger partial charge in [0.2, 0.25) is 0 Å². The van der Waals surface area contributed by atoms with E-state index in [1.807, 2.05) is 43.3 Å². The van der Waals surface area contributed by atoms with Gasteiger partial charge in [-0.25, -0.2) is 4.98 Å². The highest BCUT2D eigenvalue weighted by Crippen LogP contribution is 2.23. The first kappa shape index (κ1) is 16.6. The zero-order valence-electron chi connectivity index (χ0n) is 13.7. The Labute approximate surface area is 145 Å². The van der Waals surface area contributed by atoms with E-state index < -0.39 is 5.95 Å². The molecule has 0 spiro atoms. The lowest BCUT2D eigenvalue weighted by atomic mass is 10.1. The SMILES string of the molecule is C/C=C/COc1cc2cc(C(=O)Nc3ccccc3)ccc2nc1F. The van der Waals surface area contributed by atoms with Crippen molar-refractivity contribution in [3.8, 4) is 5.75 Å². The topological polar surface area (TPSA) is 51.2 Å². The molecular weight excluding hydrogens is 319 g/mol. The molecule has 2 aromatic carbocycles. The van der Waals surface area contributed by atoms with Crippen LogP contribution in [0.2, 0.25) is 0 Å². The standard InChI is InChI=1S/C20H17FN2O2/c1-2-3-11-25-18-13-15-12-14(9-10-17(15)23-19(18)21)20(24)22-16-7-5-4-6-8-16/h2-10,12-13H,11H2,1H3,(H,22,24)/b3-2+. The van der Waals surface area contributed by atoms with E-state index in [9.17, 15) is 9.18 Å². The smallest absolute Gasteiger partial charge is 0.255 e. The highest BCUT2D eigenvalue weighted by atomic mass is 19.1. The molecule has 0 aliphatic heterocycles. The molecule has 1 aromatic heterocycles. The van der Waals surface area contributed by atoms with Gasteiger partial charge < -0.3 is 10.1 Å². The molecule has 0 saturated carbocycles. The molecule has 0 aliphatic carbocycles. The number of pyridine rings is 1. The number of para-hydroxylation sites is 1. The quantitative estimate of drug-likeness (QED) is 0.548. The van der Waals surface area contributed by atoms with E-state index in [4.69, 9.17) is 4.74 Å². The Morgan fingerprint density at radius 3 is 2.76 bits per heavy atom. The fourth-order valence-corrected chi connectivity index (χ4v) is 2.33. The number of allylic oxidation sites excluding steroid dienone is 1. The summed E-state index contributed by atoms with van der Waals surface area (Å²) >= 11 is 0. The van der Waals surface area contributed by atoms with E-state index in [1.165, 1.54) is 0 Å². The second kappa shape index (κ2) is 7.57. The van der Waals surface area contributed by atoms with Gasteiger partial charge in [0.15, 0.2) is 5.75 Å². The number of benzene rings is 2. The summed E-state index contributed by atoms with van der Waals surface area (Å²) in [6.07, 6.45) is 3.59. The predicted molar refractivity (Wildman–Crippen MR) is 96.4 cm³/mol. The molecular formula is C20H17FN2O2. The summed E-state index contributed by atoms with van der Waals surface area (Å²) in [5.74, 6) is -0.849. The number of aromatic nitrogens is 1. The molecule has 0 bridgehead atoms. The number of halogens is 1. The van der Waals surface area contributed by atoms with E-state index in [2.05, 4.69) is 10.3 Å². The number of carbonyl (C=O) groups excluding carboxylic acids is 1. The molecule has 0 atom stereocenters. The molecule has 0 aliphatic rings. The molecule has 3 aromatic rings. The molecule has 126 valence electrons. The first-order chi connectivity index (χ1) is 12.2. The van der Waals surface area contributed by atoms with Crippen LogP contribution < -0.4 is 10.1 Å². The van der Waals surface area contributed by atoms with E-state index >= 15 is 0 Å². The number of amides is 1. The highest BCUT2D eigenvalue weighted by molar-refractivity contribution is 6.06. The van der Waals surface area contributed by atoms with E-state index in [0.717, 1.165) is 0 Å². The van der Waals surface area contributed by atoms with Crippen LogP contribution in [0.15, 0.2) is 66.7 Å². The Morgan fingerprint density at radius 1 is 1.20 bits per heavy atom. The average Bonchev–Trinajstić information content (AvgIpc) is 2.63. The van der Waals surface area contributed by atoms with Gasteiger partial charge in [-0.1, -0.05) is 30.4 Å². The third kappa shape index (κ3) is 4.01. The largest absolute Gasteiger partial charge is 0.485 e. The van der Waals surface area contributed by atoms with Crippen LogP contribution in [0.4, 0.5) is 10.1 Å². The van der Waals surface area contributed by atoms with Crippen molar-refractivity contribution >= 4 is 22.5 Å². The summed E-state index contributed by atoms with van der Waals surface area (Å²) < 4.78 is 19.3. The zero-order valence-corrected chi connectivity index (χ0v) is 13.7. The lowest BCUT2D eigenvalue weighted by Crippen LogP contribution is -2.11. The van der Waals surface area contributed by atoms with Crippen LogP contribution in [0.1, 0.15) is 17.3 Å². The molecule has 1 N–H and O–H groups in total. The van der Waals surface area contributed by atoms with Gasteiger partial charge in [-0.05, 0) is 43.3 Å². The van der Waals surface area contributed by atoms with Gasteiger partial charge in [0.05, 0.1) is 5.52 Å². The first-order valence-electron chi connectivity index (χ1n) is 7.88. The Kier molecular flexibility index (Phi) is 5.04. The fourth-order valence-electron chi connectivity index (χ4n) is 2.33. The lowest BCUT2D eigenvalue weighted by Gasteiger charge is -2.08. The van der Waals surface area contributed by atoms with Gasteiger partial charge in [-0.3, -0.25) is 4.79 Å². The molecule has 1 amide bonds. The Bertz CT molecular complexity index is 924. The second-order valence-corrected chi connectivity index (χ2v) is 5.38. The number of hydrogen-bond acceptors (Lipinski definition) is 3. The van der Waals surface area contributed by atoms with Crippen LogP contribution in [0.25, 0.3) is 10.9 Å². The minimum atomic E-state index is -0.668. The average molecular weight is 336 g/mol. The van der Waals surface area contributed by atoms with Gasteiger partial charge in [0.25, 0.3) is 11.9 Å². The van der Waals surface area contributed by atoms with Crippen molar-refractivity contribution in [2.24, 2.45) is 0 Å². The van der Waals surface area contributed by atoms with Crippen molar-refractivity contribution in [1.82, 2.24) is 4.98 Å². The predicted octanol–water partition coefficient (Wildman–Crippen LogP) is 4.58. The summed E-state index contributed by atoms with van der Waals surface area (Å²) in [6, 6.07) is 15.6. The van der Waals surface area contributed by atoms with Crippen molar-refractivity contribution < 1.29 is 13.9 Å². The van der Waals surface area contributed by atoms with Crippen LogP contribution in [-0.2, 0) is 0 Å². The van der Waals surface area contributed by atoms with Crippen LogP contribution >= 0.6 is 0 Å². The molecule has 1 heterocycles. The number of carbonyl (C=O) groups is 1. The number of ether oxygens (including phenoxy) is 1. The summed E-state index contributed by atoms with van der Waals surface area (Å²) in [5, 5.41) is 3.45. The molecule has 0 saturated heterocycles. The Hall–Kier alpha value is -3.21. The van der Waals surface area contributed by atoms with Crippen molar-refractivity contribution in [3.05, 3.63) is 78.3 Å². The highest BCUT2D eigenvalue weighted by Gasteiger charge is 2.11. The van der Waals surface area contributed by atoms with E-state index in [0.29, 0.717) is 22.2 Å². The van der Waals surface area contributed by atoms with Gasteiger partial charge in [0.1, 0.15) is 6.61 Å². The molecule has 0 fully saturated rings. The van der Waals surface area contributed by atoms with Crippen LogP contribution in [0.5, 0.6) is 5.75 Å². The Balaban J connectivity index is 1.87. The number of rotatable bonds is 5. The lowest BCUT2D eigenvalue weighted by molar-refractivity contribution is 0.102. The van der Waals surface area contributed by atoms with Gasteiger partial charge in [-0.15, -0.1) is 0 Å². The molecule has 0 radical (unpaired) electrons. The Morgan fingerprint density at radius 2 is 2.00 bits per heavy atom. The summed E-state index contributed by atoms with van der Waals surface area (Å²) in [5.41, 5.74) is 1.64. The zero-order chi connectivity index (χ0) is 17.6. The normalized spacial score (nSPS) is 11.0. The van der Waals surface area contributed by atoms with Crippen molar-refractivity contribution in [3.63, 3.8) is 0 Å². The molecule has 25 heavy (non-hydrogen) atoms. The second-order valence-electron chi connectivity index (χ2n) is 5.38. The van der Waals surface area contributed by atoms with Gasteiger partial charge in [-0.2, -0.15) is 4.39 Å². The molecule has 4 nitrogen and oxygen atoms in total. The van der Waals surface area contributed by atoms with Crippen molar-refractivity contribution in [1.29, 1.82) is 0 Å². The maximum atomic E-state index is 14.0. The van der Waals surface area contributed by atoms with Crippen molar-refractivity contribution in [2.75, 3.05) is 11.9 Å². The maximum absolute atomic E-state index is 14.0. The number of fused-ring (bicyclic) bond motifs is 1. The fraction of sp³-hybridized carbons (Fsp3) is 0.100. The summed E-state index contributed by atoms with van der Waals surface area (Å²) in [6.45, 7) is 2.12. The summed E-state index contributed by atoms with van der Waals surface area (Å²) in [7, 11) is 0. The third-order valence-electron chi connectivity index (χ3n) is 3.60. The maximum Gasteiger partial charge on any atom is 0.255 e. The first-order valence-corrected chi connectivity index (χ1v) is 7.88. The van der Waals surface area contributed by atoms with Crippen LogP contribution in [0, 0.1) is 5.95 Å². The monoisotopic (exact) mass is 336 g/mol. The summed E-state index contributed by atoms with van der Waals surface area (Å²) in [4.78, 5) is 16.3.